The quantitative estimate of drug-likeness (QED) is 0.843. The molecule has 124 valence electrons. The van der Waals surface area contributed by atoms with Gasteiger partial charge in [0.1, 0.15) is 5.82 Å². The Morgan fingerprint density at radius 3 is 2.78 bits per heavy atom. The van der Waals surface area contributed by atoms with Gasteiger partial charge in [-0.05, 0) is 31.4 Å². The summed E-state index contributed by atoms with van der Waals surface area (Å²) in [5, 5.41) is 3.99. The van der Waals surface area contributed by atoms with Crippen LogP contribution in [0.15, 0.2) is 22.9 Å². The van der Waals surface area contributed by atoms with Gasteiger partial charge < -0.3 is 14.2 Å². The third-order valence-electron chi connectivity index (χ3n) is 4.10. The molecule has 1 aliphatic rings. The van der Waals surface area contributed by atoms with Crippen molar-refractivity contribution in [3.05, 3.63) is 24.2 Å². The van der Waals surface area contributed by atoms with Crippen LogP contribution in [0.1, 0.15) is 44.9 Å². The average molecular weight is 316 g/mol. The van der Waals surface area contributed by atoms with Crippen molar-refractivity contribution in [2.75, 3.05) is 25.1 Å². The second kappa shape index (κ2) is 7.08. The number of hydrogen-bond donors (Lipinski definition) is 0. The number of pyridine rings is 1. The smallest absolute Gasteiger partial charge is 0.259 e. The van der Waals surface area contributed by atoms with Crippen LogP contribution in [-0.2, 0) is 4.74 Å². The zero-order valence-corrected chi connectivity index (χ0v) is 14.0. The van der Waals surface area contributed by atoms with E-state index in [0.29, 0.717) is 12.0 Å². The first kappa shape index (κ1) is 15.9. The van der Waals surface area contributed by atoms with Gasteiger partial charge in [-0.3, -0.25) is 0 Å². The van der Waals surface area contributed by atoms with E-state index in [2.05, 4.69) is 20.0 Å². The van der Waals surface area contributed by atoms with Crippen LogP contribution in [0.25, 0.3) is 11.5 Å². The Labute approximate surface area is 136 Å². The highest BCUT2D eigenvalue weighted by molar-refractivity contribution is 5.54. The van der Waals surface area contributed by atoms with Gasteiger partial charge in [0, 0.05) is 32.3 Å². The standard InChI is InChI=1S/C17H24N4O2/c1-12(2)16-19-17(23-20-16)13-7-8-15(18-10-13)21(3)11-14-6-4-5-9-22-14/h7-8,10,12,14H,4-6,9,11H2,1-3H3/t14-/m0/s1. The molecule has 0 saturated carbocycles. The highest BCUT2D eigenvalue weighted by Gasteiger charge is 2.17. The van der Waals surface area contributed by atoms with E-state index in [1.54, 1.807) is 6.20 Å². The zero-order valence-electron chi connectivity index (χ0n) is 14.0. The van der Waals surface area contributed by atoms with Crippen LogP contribution in [-0.4, -0.2) is 41.4 Å². The van der Waals surface area contributed by atoms with E-state index in [4.69, 9.17) is 9.26 Å². The maximum atomic E-state index is 5.79. The number of likely N-dealkylation sites (N-methyl/N-ethyl adjacent to an activating group) is 1. The first-order chi connectivity index (χ1) is 11.1. The predicted molar refractivity (Wildman–Crippen MR) is 88.5 cm³/mol. The van der Waals surface area contributed by atoms with Gasteiger partial charge >= 0.3 is 0 Å². The molecule has 0 radical (unpaired) electrons. The molecule has 0 N–H and O–H groups in total. The minimum atomic E-state index is 0.251. The van der Waals surface area contributed by atoms with Crippen molar-refractivity contribution in [2.24, 2.45) is 0 Å². The highest BCUT2D eigenvalue weighted by Crippen LogP contribution is 2.22. The summed E-state index contributed by atoms with van der Waals surface area (Å²) in [5.41, 5.74) is 0.843. The van der Waals surface area contributed by atoms with Crippen LogP contribution in [0, 0.1) is 0 Å². The molecule has 1 fully saturated rings. The maximum absolute atomic E-state index is 5.79. The van der Waals surface area contributed by atoms with E-state index in [1.165, 1.54) is 12.8 Å². The number of aromatic nitrogens is 3. The molecule has 3 rings (SSSR count). The topological polar surface area (TPSA) is 64.3 Å². The molecule has 1 aliphatic heterocycles. The largest absolute Gasteiger partial charge is 0.376 e. The Bertz CT molecular complexity index is 618. The van der Waals surface area contributed by atoms with Crippen molar-refractivity contribution >= 4 is 5.82 Å². The molecule has 0 unspecified atom stereocenters. The fraction of sp³-hybridized carbons (Fsp3) is 0.588. The Morgan fingerprint density at radius 1 is 1.30 bits per heavy atom. The summed E-state index contributed by atoms with van der Waals surface area (Å²) in [7, 11) is 2.05. The van der Waals surface area contributed by atoms with Crippen LogP contribution in [0.4, 0.5) is 5.82 Å². The molecule has 23 heavy (non-hydrogen) atoms. The molecule has 3 heterocycles. The summed E-state index contributed by atoms with van der Waals surface area (Å²) < 4.78 is 11.1. The van der Waals surface area contributed by atoms with Gasteiger partial charge in [0.05, 0.1) is 11.7 Å². The minimum Gasteiger partial charge on any atom is -0.376 e. The SMILES string of the molecule is CC(C)c1noc(-c2ccc(N(C)C[C@@H]3CCCCO3)nc2)n1. The summed E-state index contributed by atoms with van der Waals surface area (Å²) in [6.45, 7) is 5.82. The molecule has 0 aromatic carbocycles. The van der Waals surface area contributed by atoms with Crippen LogP contribution in [0.5, 0.6) is 0 Å². The van der Waals surface area contributed by atoms with Crippen LogP contribution in [0.3, 0.4) is 0 Å². The molecule has 6 nitrogen and oxygen atoms in total. The van der Waals surface area contributed by atoms with Gasteiger partial charge in [0.15, 0.2) is 5.82 Å². The van der Waals surface area contributed by atoms with E-state index < -0.39 is 0 Å². The first-order valence-corrected chi connectivity index (χ1v) is 8.26. The molecule has 6 heteroatoms. The molecule has 2 aromatic rings. The molecule has 2 aromatic heterocycles. The van der Waals surface area contributed by atoms with Crippen molar-refractivity contribution in [3.8, 4) is 11.5 Å². The second-order valence-electron chi connectivity index (χ2n) is 6.39. The van der Waals surface area contributed by atoms with Crippen molar-refractivity contribution in [3.63, 3.8) is 0 Å². The monoisotopic (exact) mass is 316 g/mol. The summed E-state index contributed by atoms with van der Waals surface area (Å²) in [4.78, 5) is 11.0. The summed E-state index contributed by atoms with van der Waals surface area (Å²) in [6, 6.07) is 3.95. The van der Waals surface area contributed by atoms with E-state index >= 15 is 0 Å². The molecule has 0 amide bonds. The number of ether oxygens (including phenoxy) is 1. The minimum absolute atomic E-state index is 0.251. The molecule has 0 spiro atoms. The third-order valence-corrected chi connectivity index (χ3v) is 4.10. The lowest BCUT2D eigenvalue weighted by atomic mass is 10.1. The molecule has 1 atom stereocenters. The van der Waals surface area contributed by atoms with Crippen molar-refractivity contribution in [1.82, 2.24) is 15.1 Å². The van der Waals surface area contributed by atoms with Crippen molar-refractivity contribution in [2.45, 2.75) is 45.1 Å². The van der Waals surface area contributed by atoms with Crippen LogP contribution < -0.4 is 4.90 Å². The van der Waals surface area contributed by atoms with E-state index in [0.717, 1.165) is 36.8 Å². The molecular formula is C17H24N4O2. The lowest BCUT2D eigenvalue weighted by molar-refractivity contribution is 0.0215. The van der Waals surface area contributed by atoms with E-state index in [1.807, 2.05) is 33.0 Å². The highest BCUT2D eigenvalue weighted by atomic mass is 16.5. The maximum Gasteiger partial charge on any atom is 0.259 e. The third kappa shape index (κ3) is 3.88. The van der Waals surface area contributed by atoms with Gasteiger partial charge in [-0.1, -0.05) is 19.0 Å². The number of nitrogens with zero attached hydrogens (tertiary/aromatic N) is 4. The van der Waals surface area contributed by atoms with Gasteiger partial charge in [-0.15, -0.1) is 0 Å². The van der Waals surface area contributed by atoms with E-state index in [-0.39, 0.29) is 5.92 Å². The number of hydrogen-bond acceptors (Lipinski definition) is 6. The lowest BCUT2D eigenvalue weighted by Gasteiger charge is -2.28. The fourth-order valence-electron chi connectivity index (χ4n) is 2.68. The summed E-state index contributed by atoms with van der Waals surface area (Å²) in [5.74, 6) is 2.41. The van der Waals surface area contributed by atoms with Gasteiger partial charge in [0.25, 0.3) is 5.89 Å². The van der Waals surface area contributed by atoms with Crippen LogP contribution >= 0.6 is 0 Å². The van der Waals surface area contributed by atoms with Gasteiger partial charge in [0.2, 0.25) is 0 Å². The first-order valence-electron chi connectivity index (χ1n) is 8.26. The summed E-state index contributed by atoms with van der Waals surface area (Å²) >= 11 is 0. The molecular weight excluding hydrogens is 292 g/mol. The second-order valence-corrected chi connectivity index (χ2v) is 6.39. The van der Waals surface area contributed by atoms with Crippen molar-refractivity contribution < 1.29 is 9.26 Å². The lowest BCUT2D eigenvalue weighted by Crippen LogP contribution is -2.33. The molecule has 0 aliphatic carbocycles. The summed E-state index contributed by atoms with van der Waals surface area (Å²) in [6.07, 6.45) is 5.64. The zero-order chi connectivity index (χ0) is 16.2. The Morgan fingerprint density at radius 2 is 2.17 bits per heavy atom. The van der Waals surface area contributed by atoms with E-state index in [9.17, 15) is 0 Å². The molecule has 1 saturated heterocycles. The normalized spacial score (nSPS) is 18.3. The Hall–Kier alpha value is -1.95. The average Bonchev–Trinajstić information content (AvgIpc) is 3.06. The Kier molecular flexibility index (Phi) is 4.91. The van der Waals surface area contributed by atoms with Crippen molar-refractivity contribution in [1.29, 1.82) is 0 Å². The number of rotatable bonds is 5. The predicted octanol–water partition coefficient (Wildman–Crippen LogP) is 3.26. The van der Waals surface area contributed by atoms with Gasteiger partial charge in [-0.2, -0.15) is 4.98 Å². The van der Waals surface area contributed by atoms with Crippen LogP contribution in [0.2, 0.25) is 0 Å². The Balaban J connectivity index is 1.65. The number of anilines is 1. The fourth-order valence-corrected chi connectivity index (χ4v) is 2.68. The van der Waals surface area contributed by atoms with Gasteiger partial charge in [-0.25, -0.2) is 4.98 Å². The molecule has 0 bridgehead atoms.